The summed E-state index contributed by atoms with van der Waals surface area (Å²) in [6.07, 6.45) is -0.746. The van der Waals surface area contributed by atoms with E-state index in [0.29, 0.717) is 0 Å². The van der Waals surface area contributed by atoms with Crippen LogP contribution < -0.4 is 5.73 Å². The highest BCUT2D eigenvalue weighted by atomic mass is 35.5. The van der Waals surface area contributed by atoms with E-state index < -0.39 is 6.43 Å². The molecule has 62 valence electrons. The van der Waals surface area contributed by atoms with Crippen molar-refractivity contribution >= 4 is 17.9 Å². The summed E-state index contributed by atoms with van der Waals surface area (Å²) in [5, 5.41) is -0.113. The number of aliphatic imine (C=N–C) groups is 1. The molecule has 0 unspecified atom stereocenters. The molecule has 0 amide bonds. The van der Waals surface area contributed by atoms with E-state index in [0.717, 1.165) is 12.4 Å². The van der Waals surface area contributed by atoms with E-state index in [9.17, 15) is 8.78 Å². The number of hydrogen-bond acceptors (Lipinski definition) is 1. The Balaban J connectivity index is 4.19. The molecule has 0 spiro atoms. The Morgan fingerprint density at radius 1 is 1.64 bits per heavy atom. The molecule has 0 atom stereocenters. The lowest BCUT2D eigenvalue weighted by Gasteiger charge is -1.95. The van der Waals surface area contributed by atoms with Crippen molar-refractivity contribution in [2.24, 2.45) is 10.7 Å². The molecule has 0 radical (unpaired) electrons. The molecular formula is C6H7ClF2N2. The van der Waals surface area contributed by atoms with Gasteiger partial charge in [-0.3, -0.25) is 0 Å². The lowest BCUT2D eigenvalue weighted by Crippen LogP contribution is -1.92. The van der Waals surface area contributed by atoms with Crippen molar-refractivity contribution in [3.8, 4) is 0 Å². The number of rotatable bonds is 3. The lowest BCUT2D eigenvalue weighted by molar-refractivity contribution is 0.194. The standard InChI is InChI=1S/C6H7ClF2N2/c1-4(6(8)9)2-5(7)11-3-10/h2-3,6H,1H2,(H2,10,11)/b5-2-. The van der Waals surface area contributed by atoms with Crippen LogP contribution in [-0.4, -0.2) is 12.8 Å². The fourth-order valence-corrected chi connectivity index (χ4v) is 0.521. The van der Waals surface area contributed by atoms with Gasteiger partial charge in [0.05, 0.1) is 6.34 Å². The molecule has 0 saturated carbocycles. The summed E-state index contributed by atoms with van der Waals surface area (Å²) in [5.41, 5.74) is 4.46. The maximum Gasteiger partial charge on any atom is 0.263 e. The van der Waals surface area contributed by atoms with Gasteiger partial charge in [0.15, 0.2) is 0 Å². The van der Waals surface area contributed by atoms with Crippen LogP contribution >= 0.6 is 11.6 Å². The summed E-state index contributed by atoms with van der Waals surface area (Å²) in [4.78, 5) is 3.33. The zero-order valence-corrected chi connectivity index (χ0v) is 6.35. The molecular weight excluding hydrogens is 174 g/mol. The minimum Gasteiger partial charge on any atom is -0.390 e. The van der Waals surface area contributed by atoms with Gasteiger partial charge in [-0.1, -0.05) is 18.2 Å². The molecule has 0 aromatic rings. The number of allylic oxidation sites excluding steroid dienone is 2. The third-order valence-corrected chi connectivity index (χ3v) is 0.989. The van der Waals surface area contributed by atoms with Gasteiger partial charge in [-0.15, -0.1) is 0 Å². The molecule has 0 saturated heterocycles. The van der Waals surface area contributed by atoms with Gasteiger partial charge in [0.1, 0.15) is 5.16 Å². The molecule has 2 N–H and O–H groups in total. The minimum absolute atomic E-state index is 0.113. The summed E-state index contributed by atoms with van der Waals surface area (Å²) in [6.45, 7) is 3.05. The fourth-order valence-electron chi connectivity index (χ4n) is 0.324. The van der Waals surface area contributed by atoms with Crippen LogP contribution in [0.15, 0.2) is 28.4 Å². The van der Waals surface area contributed by atoms with Gasteiger partial charge in [-0.05, 0) is 6.08 Å². The lowest BCUT2D eigenvalue weighted by atomic mass is 10.3. The van der Waals surface area contributed by atoms with Crippen LogP contribution in [0.1, 0.15) is 0 Å². The zero-order valence-electron chi connectivity index (χ0n) is 5.60. The number of hydrogen-bond donors (Lipinski definition) is 1. The van der Waals surface area contributed by atoms with Gasteiger partial charge in [0.25, 0.3) is 6.43 Å². The van der Waals surface area contributed by atoms with Crippen molar-refractivity contribution in [1.29, 1.82) is 0 Å². The Morgan fingerprint density at radius 2 is 2.18 bits per heavy atom. The van der Waals surface area contributed by atoms with Crippen molar-refractivity contribution in [1.82, 2.24) is 0 Å². The van der Waals surface area contributed by atoms with Crippen LogP contribution in [0.4, 0.5) is 8.78 Å². The van der Waals surface area contributed by atoms with Crippen molar-refractivity contribution < 1.29 is 8.78 Å². The van der Waals surface area contributed by atoms with E-state index in [1.54, 1.807) is 0 Å². The Labute approximate surface area is 68.1 Å². The van der Waals surface area contributed by atoms with Gasteiger partial charge in [-0.2, -0.15) is 0 Å². The first-order chi connectivity index (χ1) is 5.07. The normalized spacial score (nSPS) is 12.9. The largest absolute Gasteiger partial charge is 0.390 e. The number of alkyl halides is 2. The molecule has 5 heteroatoms. The Bertz CT molecular complexity index is 199. The van der Waals surface area contributed by atoms with Crippen LogP contribution in [-0.2, 0) is 0 Å². The topological polar surface area (TPSA) is 38.4 Å². The molecule has 0 bridgehead atoms. The average Bonchev–Trinajstić information content (AvgIpc) is 1.87. The molecule has 0 heterocycles. The third kappa shape index (κ3) is 4.50. The number of nitrogens with zero attached hydrogens (tertiary/aromatic N) is 1. The summed E-state index contributed by atoms with van der Waals surface area (Å²) < 4.78 is 23.5. The quantitative estimate of drug-likeness (QED) is 0.306. The Kier molecular flexibility index (Phi) is 4.45. The Morgan fingerprint density at radius 3 is 2.55 bits per heavy atom. The van der Waals surface area contributed by atoms with Crippen molar-refractivity contribution in [3.05, 3.63) is 23.4 Å². The maximum absolute atomic E-state index is 11.7. The van der Waals surface area contributed by atoms with E-state index in [1.165, 1.54) is 0 Å². The molecule has 0 aliphatic rings. The summed E-state index contributed by atoms with van der Waals surface area (Å²) in [6, 6.07) is 0. The average molecular weight is 181 g/mol. The second-order valence-electron chi connectivity index (χ2n) is 1.62. The second kappa shape index (κ2) is 4.85. The van der Waals surface area contributed by atoms with Crippen LogP contribution in [0.3, 0.4) is 0 Å². The van der Waals surface area contributed by atoms with Gasteiger partial charge >= 0.3 is 0 Å². The first-order valence-electron chi connectivity index (χ1n) is 2.66. The van der Waals surface area contributed by atoms with Gasteiger partial charge in [-0.25, -0.2) is 13.8 Å². The van der Waals surface area contributed by atoms with E-state index in [4.69, 9.17) is 17.3 Å². The predicted octanol–water partition coefficient (Wildman–Crippen LogP) is 1.87. The van der Waals surface area contributed by atoms with E-state index in [-0.39, 0.29) is 10.7 Å². The monoisotopic (exact) mass is 180 g/mol. The molecule has 0 rings (SSSR count). The van der Waals surface area contributed by atoms with E-state index in [1.807, 2.05) is 0 Å². The van der Waals surface area contributed by atoms with E-state index >= 15 is 0 Å². The molecule has 0 aromatic carbocycles. The summed E-state index contributed by atoms with van der Waals surface area (Å²) >= 11 is 5.31. The number of halogens is 3. The number of nitrogens with two attached hydrogens (primary N) is 1. The van der Waals surface area contributed by atoms with Gasteiger partial charge in [0, 0.05) is 5.57 Å². The van der Waals surface area contributed by atoms with Crippen molar-refractivity contribution in [2.45, 2.75) is 6.43 Å². The van der Waals surface area contributed by atoms with Crippen molar-refractivity contribution in [2.75, 3.05) is 0 Å². The van der Waals surface area contributed by atoms with Gasteiger partial charge < -0.3 is 5.73 Å². The third-order valence-electron chi connectivity index (χ3n) is 0.783. The van der Waals surface area contributed by atoms with Gasteiger partial charge in [0.2, 0.25) is 0 Å². The highest BCUT2D eigenvalue weighted by Crippen LogP contribution is 2.12. The minimum atomic E-state index is -2.61. The molecule has 0 aromatic heterocycles. The molecule has 0 aliphatic carbocycles. The molecule has 2 nitrogen and oxygen atoms in total. The SMILES string of the molecule is C=C(/C=C(Cl)\N=C/N)C(F)F. The predicted molar refractivity (Wildman–Crippen MR) is 41.8 cm³/mol. The maximum atomic E-state index is 11.7. The molecule has 0 aliphatic heterocycles. The first kappa shape index (κ1) is 10.1. The summed E-state index contributed by atoms with van der Waals surface area (Å²) in [7, 11) is 0. The first-order valence-corrected chi connectivity index (χ1v) is 3.04. The van der Waals surface area contributed by atoms with Crippen LogP contribution in [0.2, 0.25) is 0 Å². The summed E-state index contributed by atoms with van der Waals surface area (Å²) in [5.74, 6) is 0. The van der Waals surface area contributed by atoms with E-state index in [2.05, 4.69) is 11.6 Å². The highest BCUT2D eigenvalue weighted by Gasteiger charge is 2.04. The Hall–Kier alpha value is -0.900. The van der Waals surface area contributed by atoms with Crippen LogP contribution in [0, 0.1) is 0 Å². The smallest absolute Gasteiger partial charge is 0.263 e. The van der Waals surface area contributed by atoms with Crippen LogP contribution in [0.25, 0.3) is 0 Å². The fraction of sp³-hybridized carbons (Fsp3) is 0.167. The zero-order chi connectivity index (χ0) is 8.85. The highest BCUT2D eigenvalue weighted by molar-refractivity contribution is 6.29. The molecule has 11 heavy (non-hydrogen) atoms. The van der Waals surface area contributed by atoms with Crippen molar-refractivity contribution in [3.63, 3.8) is 0 Å². The van der Waals surface area contributed by atoms with Crippen LogP contribution in [0.5, 0.6) is 0 Å². The second-order valence-corrected chi connectivity index (χ2v) is 2.01. The molecule has 0 fully saturated rings.